The van der Waals surface area contributed by atoms with Crippen LogP contribution in [0.3, 0.4) is 0 Å². The van der Waals surface area contributed by atoms with Crippen molar-refractivity contribution < 1.29 is 14.3 Å². The molecule has 0 aliphatic carbocycles. The molecule has 25 heavy (non-hydrogen) atoms. The van der Waals surface area contributed by atoms with Gasteiger partial charge in [0, 0.05) is 12.6 Å². The molecule has 0 aromatic heterocycles. The highest BCUT2D eigenvalue weighted by molar-refractivity contribution is 6.02. The number of amides is 2. The van der Waals surface area contributed by atoms with Gasteiger partial charge in [-0.2, -0.15) is 0 Å². The van der Waals surface area contributed by atoms with Crippen LogP contribution in [0.4, 0.5) is 0 Å². The lowest BCUT2D eigenvalue weighted by molar-refractivity contribution is -0.122. The van der Waals surface area contributed by atoms with Crippen LogP contribution in [0.25, 0.3) is 10.8 Å². The average Bonchev–Trinajstić information content (AvgIpc) is 2.52. The monoisotopic (exact) mass is 342 g/mol. The Morgan fingerprint density at radius 2 is 1.72 bits per heavy atom. The SMILES string of the molecule is CCOc1cc2ccccc2cc1C(=O)N(C)CC(=O)NC(C)(C)C. The minimum Gasteiger partial charge on any atom is -0.493 e. The van der Waals surface area contributed by atoms with Crippen LogP contribution in [-0.4, -0.2) is 42.5 Å². The van der Waals surface area contributed by atoms with Crippen molar-refractivity contribution in [1.29, 1.82) is 0 Å². The first-order valence-electron chi connectivity index (χ1n) is 8.43. The second kappa shape index (κ2) is 7.55. The summed E-state index contributed by atoms with van der Waals surface area (Å²) in [5.74, 6) is 0.106. The number of nitrogens with zero attached hydrogens (tertiary/aromatic N) is 1. The highest BCUT2D eigenvalue weighted by atomic mass is 16.5. The summed E-state index contributed by atoms with van der Waals surface area (Å²) in [6.07, 6.45) is 0. The molecule has 1 N–H and O–H groups in total. The average molecular weight is 342 g/mol. The number of carbonyl (C=O) groups is 2. The second-order valence-corrected chi connectivity index (χ2v) is 7.09. The van der Waals surface area contributed by atoms with Crippen molar-refractivity contribution in [3.05, 3.63) is 42.0 Å². The lowest BCUT2D eigenvalue weighted by Gasteiger charge is -2.24. The zero-order valence-electron chi connectivity index (χ0n) is 15.6. The third-order valence-corrected chi connectivity index (χ3v) is 3.62. The third-order valence-electron chi connectivity index (χ3n) is 3.62. The summed E-state index contributed by atoms with van der Waals surface area (Å²) in [5, 5.41) is 4.83. The Morgan fingerprint density at radius 3 is 2.28 bits per heavy atom. The maximum absolute atomic E-state index is 12.9. The molecule has 5 nitrogen and oxygen atoms in total. The van der Waals surface area contributed by atoms with Gasteiger partial charge in [-0.25, -0.2) is 0 Å². The van der Waals surface area contributed by atoms with Crippen molar-refractivity contribution in [2.45, 2.75) is 33.2 Å². The first-order chi connectivity index (χ1) is 11.7. The van der Waals surface area contributed by atoms with Crippen LogP contribution in [-0.2, 0) is 4.79 Å². The summed E-state index contributed by atoms with van der Waals surface area (Å²) in [4.78, 5) is 26.4. The molecule has 0 aliphatic heterocycles. The summed E-state index contributed by atoms with van der Waals surface area (Å²) >= 11 is 0. The van der Waals surface area contributed by atoms with E-state index in [-0.39, 0.29) is 23.9 Å². The molecule has 0 unspecified atom stereocenters. The fraction of sp³-hybridized carbons (Fsp3) is 0.400. The molecular formula is C20H26N2O3. The quantitative estimate of drug-likeness (QED) is 0.907. The molecule has 0 radical (unpaired) electrons. The van der Waals surface area contributed by atoms with Gasteiger partial charge in [-0.05, 0) is 50.6 Å². The molecule has 0 saturated carbocycles. The number of fused-ring (bicyclic) bond motifs is 1. The van der Waals surface area contributed by atoms with Gasteiger partial charge in [0.2, 0.25) is 5.91 Å². The van der Waals surface area contributed by atoms with Crippen molar-refractivity contribution in [1.82, 2.24) is 10.2 Å². The van der Waals surface area contributed by atoms with E-state index in [1.807, 2.05) is 64.1 Å². The predicted molar refractivity (Wildman–Crippen MR) is 100.0 cm³/mol. The van der Waals surface area contributed by atoms with E-state index >= 15 is 0 Å². The number of benzene rings is 2. The number of carbonyl (C=O) groups excluding carboxylic acids is 2. The van der Waals surface area contributed by atoms with E-state index in [1.165, 1.54) is 4.90 Å². The summed E-state index contributed by atoms with van der Waals surface area (Å²) < 4.78 is 5.65. The first kappa shape index (κ1) is 18.8. The van der Waals surface area contributed by atoms with Crippen LogP contribution < -0.4 is 10.1 Å². The van der Waals surface area contributed by atoms with Gasteiger partial charge in [0.05, 0.1) is 18.7 Å². The lowest BCUT2D eigenvalue weighted by atomic mass is 10.0. The van der Waals surface area contributed by atoms with Crippen molar-refractivity contribution in [3.63, 3.8) is 0 Å². The van der Waals surface area contributed by atoms with Crippen molar-refractivity contribution >= 4 is 22.6 Å². The molecule has 2 rings (SSSR count). The van der Waals surface area contributed by atoms with Gasteiger partial charge in [0.1, 0.15) is 5.75 Å². The Bertz CT molecular complexity index is 778. The zero-order valence-corrected chi connectivity index (χ0v) is 15.6. The molecule has 2 aromatic carbocycles. The van der Waals surface area contributed by atoms with Gasteiger partial charge in [-0.1, -0.05) is 24.3 Å². The topological polar surface area (TPSA) is 58.6 Å². The minimum absolute atomic E-state index is 0.00546. The summed E-state index contributed by atoms with van der Waals surface area (Å²) in [6, 6.07) is 11.5. The Labute approximate surface area is 149 Å². The molecule has 0 heterocycles. The molecule has 0 spiro atoms. The van der Waals surface area contributed by atoms with Gasteiger partial charge in [-0.3, -0.25) is 9.59 Å². The number of nitrogens with one attached hydrogen (secondary N) is 1. The maximum atomic E-state index is 12.9. The van der Waals surface area contributed by atoms with Crippen LogP contribution in [0, 0.1) is 0 Å². The Hall–Kier alpha value is -2.56. The fourth-order valence-electron chi connectivity index (χ4n) is 2.61. The van der Waals surface area contributed by atoms with Crippen molar-refractivity contribution in [3.8, 4) is 5.75 Å². The highest BCUT2D eigenvalue weighted by Crippen LogP contribution is 2.27. The summed E-state index contributed by atoms with van der Waals surface area (Å²) in [6.45, 7) is 8.06. The normalized spacial score (nSPS) is 11.2. The molecule has 0 aliphatic rings. The van der Waals surface area contributed by atoms with E-state index in [9.17, 15) is 9.59 Å². The number of likely N-dealkylation sites (N-methyl/N-ethyl adjacent to an activating group) is 1. The molecule has 2 aromatic rings. The first-order valence-corrected chi connectivity index (χ1v) is 8.43. The van der Waals surface area contributed by atoms with E-state index in [4.69, 9.17) is 4.74 Å². The molecule has 2 amide bonds. The van der Waals surface area contributed by atoms with Crippen LogP contribution in [0.5, 0.6) is 5.75 Å². The number of ether oxygens (including phenoxy) is 1. The van der Waals surface area contributed by atoms with Gasteiger partial charge in [0.15, 0.2) is 0 Å². The van der Waals surface area contributed by atoms with E-state index < -0.39 is 0 Å². The van der Waals surface area contributed by atoms with Crippen LogP contribution in [0.2, 0.25) is 0 Å². The van der Waals surface area contributed by atoms with Crippen molar-refractivity contribution in [2.24, 2.45) is 0 Å². The van der Waals surface area contributed by atoms with E-state index in [0.717, 1.165) is 10.8 Å². The van der Waals surface area contributed by atoms with Gasteiger partial charge < -0.3 is 15.0 Å². The number of hydrogen-bond acceptors (Lipinski definition) is 3. The summed E-state index contributed by atoms with van der Waals surface area (Å²) in [5.41, 5.74) is 0.132. The Kier molecular flexibility index (Phi) is 5.67. The Morgan fingerprint density at radius 1 is 1.12 bits per heavy atom. The van der Waals surface area contributed by atoms with E-state index in [1.54, 1.807) is 7.05 Å². The van der Waals surface area contributed by atoms with Crippen LogP contribution in [0.1, 0.15) is 38.1 Å². The molecule has 0 bridgehead atoms. The van der Waals surface area contributed by atoms with Gasteiger partial charge >= 0.3 is 0 Å². The van der Waals surface area contributed by atoms with Gasteiger partial charge in [-0.15, -0.1) is 0 Å². The second-order valence-electron chi connectivity index (χ2n) is 7.09. The molecule has 134 valence electrons. The zero-order chi connectivity index (χ0) is 18.6. The predicted octanol–water partition coefficient (Wildman–Crippen LogP) is 3.23. The molecule has 0 atom stereocenters. The van der Waals surface area contributed by atoms with Crippen LogP contribution in [0.15, 0.2) is 36.4 Å². The van der Waals surface area contributed by atoms with Crippen molar-refractivity contribution in [2.75, 3.05) is 20.2 Å². The standard InChI is InChI=1S/C20H26N2O3/c1-6-25-17-12-15-10-8-7-9-14(15)11-16(17)19(24)22(5)13-18(23)21-20(2,3)4/h7-12H,6,13H2,1-5H3,(H,21,23). The minimum atomic E-state index is -0.333. The number of rotatable bonds is 5. The van der Waals surface area contributed by atoms with E-state index in [0.29, 0.717) is 17.9 Å². The Balaban J connectivity index is 2.27. The lowest BCUT2D eigenvalue weighted by Crippen LogP contribution is -2.46. The molecule has 0 fully saturated rings. The smallest absolute Gasteiger partial charge is 0.257 e. The summed E-state index contributed by atoms with van der Waals surface area (Å²) in [7, 11) is 1.62. The third kappa shape index (κ3) is 4.95. The fourth-order valence-corrected chi connectivity index (χ4v) is 2.61. The molecule has 0 saturated heterocycles. The van der Waals surface area contributed by atoms with Crippen LogP contribution >= 0.6 is 0 Å². The molecular weight excluding hydrogens is 316 g/mol. The maximum Gasteiger partial charge on any atom is 0.257 e. The molecule has 5 heteroatoms. The largest absolute Gasteiger partial charge is 0.493 e. The van der Waals surface area contributed by atoms with Gasteiger partial charge in [0.25, 0.3) is 5.91 Å². The highest BCUT2D eigenvalue weighted by Gasteiger charge is 2.21. The number of hydrogen-bond donors (Lipinski definition) is 1. The van der Waals surface area contributed by atoms with E-state index in [2.05, 4.69) is 5.32 Å².